The van der Waals surface area contributed by atoms with E-state index in [2.05, 4.69) is 30.0 Å². The van der Waals surface area contributed by atoms with Crippen LogP contribution in [0.5, 0.6) is 0 Å². The fourth-order valence-corrected chi connectivity index (χ4v) is 3.27. The highest BCUT2D eigenvalue weighted by atomic mass is 16.5. The Bertz CT molecular complexity index is 971. The van der Waals surface area contributed by atoms with Crippen LogP contribution in [0.15, 0.2) is 18.2 Å². The number of nitrogens with zero attached hydrogens (tertiary/aromatic N) is 5. The number of carbonyl (C=O) groups is 1. The summed E-state index contributed by atoms with van der Waals surface area (Å²) in [6.45, 7) is 6.73. The maximum atomic E-state index is 12.6. The summed E-state index contributed by atoms with van der Waals surface area (Å²) in [6, 6.07) is 5.29. The molecule has 9 nitrogen and oxygen atoms in total. The van der Waals surface area contributed by atoms with Gasteiger partial charge in [-0.15, -0.1) is 0 Å². The lowest BCUT2D eigenvalue weighted by Crippen LogP contribution is -2.37. The molecule has 1 saturated heterocycles. The monoisotopic (exact) mass is 369 g/mol. The van der Waals surface area contributed by atoms with Crippen molar-refractivity contribution >= 4 is 22.9 Å². The van der Waals surface area contributed by atoms with Crippen molar-refractivity contribution < 1.29 is 9.53 Å². The molecule has 0 saturated carbocycles. The number of H-pyrrole nitrogens is 1. The predicted molar refractivity (Wildman–Crippen MR) is 101 cm³/mol. The SMILES string of the molecule is Cc1nc(C(C)NC(=O)c2ccc3c(c2)nc(N2CCOCC2)n3C)n[nH]1. The largest absolute Gasteiger partial charge is 0.378 e. The minimum atomic E-state index is -0.286. The van der Waals surface area contributed by atoms with Gasteiger partial charge in [0, 0.05) is 25.7 Å². The van der Waals surface area contributed by atoms with Crippen molar-refractivity contribution in [3.8, 4) is 0 Å². The average molecular weight is 369 g/mol. The van der Waals surface area contributed by atoms with Gasteiger partial charge in [0.25, 0.3) is 5.91 Å². The maximum Gasteiger partial charge on any atom is 0.251 e. The highest BCUT2D eigenvalue weighted by molar-refractivity contribution is 5.97. The smallest absolute Gasteiger partial charge is 0.251 e. The highest BCUT2D eigenvalue weighted by Crippen LogP contribution is 2.23. The number of anilines is 1. The number of ether oxygens (including phenoxy) is 1. The first-order valence-electron chi connectivity index (χ1n) is 9.02. The Hall–Kier alpha value is -2.94. The number of aryl methyl sites for hydroxylation is 2. The van der Waals surface area contributed by atoms with E-state index in [1.807, 2.05) is 39.1 Å². The molecular formula is C18H23N7O2. The molecule has 1 aromatic carbocycles. The Labute approximate surface area is 156 Å². The van der Waals surface area contributed by atoms with Crippen LogP contribution in [0.4, 0.5) is 5.95 Å². The molecule has 4 rings (SSSR count). The molecule has 1 unspecified atom stereocenters. The van der Waals surface area contributed by atoms with Crippen molar-refractivity contribution in [3.05, 3.63) is 35.4 Å². The number of hydrogen-bond donors (Lipinski definition) is 2. The summed E-state index contributed by atoms with van der Waals surface area (Å²) in [6.07, 6.45) is 0. The number of imidazole rings is 1. The fraction of sp³-hybridized carbons (Fsp3) is 0.444. The van der Waals surface area contributed by atoms with E-state index >= 15 is 0 Å². The molecular weight excluding hydrogens is 346 g/mol. The summed E-state index contributed by atoms with van der Waals surface area (Å²) in [5.41, 5.74) is 2.35. The van der Waals surface area contributed by atoms with Crippen LogP contribution in [0, 0.1) is 6.92 Å². The number of fused-ring (bicyclic) bond motifs is 1. The zero-order chi connectivity index (χ0) is 19.0. The Morgan fingerprint density at radius 1 is 1.30 bits per heavy atom. The van der Waals surface area contributed by atoms with Crippen LogP contribution in [0.2, 0.25) is 0 Å². The van der Waals surface area contributed by atoms with Crippen molar-refractivity contribution in [1.82, 2.24) is 30.0 Å². The van der Waals surface area contributed by atoms with Gasteiger partial charge in [-0.05, 0) is 32.0 Å². The summed E-state index contributed by atoms with van der Waals surface area (Å²) in [4.78, 5) is 23.8. The lowest BCUT2D eigenvalue weighted by Gasteiger charge is -2.27. The lowest BCUT2D eigenvalue weighted by atomic mass is 10.1. The van der Waals surface area contributed by atoms with Crippen LogP contribution in [-0.4, -0.2) is 56.9 Å². The first kappa shape index (κ1) is 17.5. The number of carbonyl (C=O) groups excluding carboxylic acids is 1. The second kappa shape index (κ2) is 6.99. The lowest BCUT2D eigenvalue weighted by molar-refractivity contribution is 0.0938. The average Bonchev–Trinajstić information content (AvgIpc) is 3.26. The van der Waals surface area contributed by atoms with Gasteiger partial charge in [-0.3, -0.25) is 9.89 Å². The fourth-order valence-electron chi connectivity index (χ4n) is 3.27. The van der Waals surface area contributed by atoms with Gasteiger partial charge in [0.05, 0.1) is 30.3 Å². The molecule has 0 aliphatic carbocycles. The summed E-state index contributed by atoms with van der Waals surface area (Å²) < 4.78 is 7.47. The van der Waals surface area contributed by atoms with Gasteiger partial charge in [0.15, 0.2) is 5.82 Å². The number of morpholine rings is 1. The molecule has 27 heavy (non-hydrogen) atoms. The second-order valence-electron chi connectivity index (χ2n) is 6.75. The third-order valence-corrected chi connectivity index (χ3v) is 4.76. The van der Waals surface area contributed by atoms with E-state index in [-0.39, 0.29) is 11.9 Å². The highest BCUT2D eigenvalue weighted by Gasteiger charge is 2.19. The standard InChI is InChI=1S/C18H23N7O2/c1-11(16-20-12(2)22-23-16)19-17(26)13-4-5-15-14(10-13)21-18(24(15)3)25-6-8-27-9-7-25/h4-5,10-11H,6-9H2,1-3H3,(H,19,26)(H,20,22,23). The number of amides is 1. The molecule has 3 heterocycles. The van der Waals surface area contributed by atoms with Gasteiger partial charge in [-0.1, -0.05) is 0 Å². The molecule has 1 amide bonds. The number of aromatic nitrogens is 5. The number of nitrogens with one attached hydrogen (secondary N) is 2. The molecule has 2 N–H and O–H groups in total. The molecule has 1 aliphatic heterocycles. The van der Waals surface area contributed by atoms with Crippen molar-refractivity contribution in [3.63, 3.8) is 0 Å². The summed E-state index contributed by atoms with van der Waals surface area (Å²) in [7, 11) is 1.99. The molecule has 2 aromatic heterocycles. The van der Waals surface area contributed by atoms with E-state index < -0.39 is 0 Å². The van der Waals surface area contributed by atoms with Gasteiger partial charge in [-0.25, -0.2) is 9.97 Å². The zero-order valence-corrected chi connectivity index (χ0v) is 15.7. The molecule has 1 atom stereocenters. The van der Waals surface area contributed by atoms with Crippen LogP contribution >= 0.6 is 0 Å². The number of rotatable bonds is 4. The minimum Gasteiger partial charge on any atom is -0.378 e. The van der Waals surface area contributed by atoms with Crippen LogP contribution in [-0.2, 0) is 11.8 Å². The van der Waals surface area contributed by atoms with E-state index in [1.54, 1.807) is 0 Å². The van der Waals surface area contributed by atoms with Crippen LogP contribution in [0.25, 0.3) is 11.0 Å². The van der Waals surface area contributed by atoms with Crippen LogP contribution in [0.3, 0.4) is 0 Å². The molecule has 0 spiro atoms. The van der Waals surface area contributed by atoms with Crippen LogP contribution in [0.1, 0.15) is 35.0 Å². The topological polar surface area (TPSA) is 101 Å². The molecule has 1 aliphatic rings. The summed E-state index contributed by atoms with van der Waals surface area (Å²) >= 11 is 0. The summed E-state index contributed by atoms with van der Waals surface area (Å²) in [5.74, 6) is 2.01. The van der Waals surface area contributed by atoms with Crippen LogP contribution < -0.4 is 10.2 Å². The molecule has 1 fully saturated rings. The second-order valence-corrected chi connectivity index (χ2v) is 6.75. The first-order valence-corrected chi connectivity index (χ1v) is 9.02. The molecule has 9 heteroatoms. The summed E-state index contributed by atoms with van der Waals surface area (Å²) in [5, 5.41) is 9.81. The van der Waals surface area contributed by atoms with Gasteiger partial charge in [-0.2, -0.15) is 5.10 Å². The molecule has 142 valence electrons. The molecule has 0 bridgehead atoms. The van der Waals surface area contributed by atoms with Crippen molar-refractivity contribution in [2.45, 2.75) is 19.9 Å². The third kappa shape index (κ3) is 3.37. The molecule has 0 radical (unpaired) electrons. The quantitative estimate of drug-likeness (QED) is 0.719. The Balaban J connectivity index is 1.56. The predicted octanol–water partition coefficient (Wildman–Crippen LogP) is 1.33. The third-order valence-electron chi connectivity index (χ3n) is 4.76. The van der Waals surface area contributed by atoms with Gasteiger partial charge in [0.1, 0.15) is 5.82 Å². The Morgan fingerprint density at radius 2 is 2.07 bits per heavy atom. The Morgan fingerprint density at radius 3 is 2.78 bits per heavy atom. The van der Waals surface area contributed by atoms with E-state index in [9.17, 15) is 4.79 Å². The van der Waals surface area contributed by atoms with E-state index in [0.717, 1.165) is 35.9 Å². The van der Waals surface area contributed by atoms with Gasteiger partial charge in [0.2, 0.25) is 5.95 Å². The van der Waals surface area contributed by atoms with Gasteiger partial charge < -0.3 is 19.5 Å². The minimum absolute atomic E-state index is 0.176. The number of hydrogen-bond acceptors (Lipinski definition) is 6. The van der Waals surface area contributed by atoms with E-state index in [1.165, 1.54) is 0 Å². The normalized spacial score (nSPS) is 15.9. The first-order chi connectivity index (χ1) is 13.0. The van der Waals surface area contributed by atoms with E-state index in [0.29, 0.717) is 24.6 Å². The number of benzene rings is 1. The van der Waals surface area contributed by atoms with Crippen molar-refractivity contribution in [1.29, 1.82) is 0 Å². The van der Waals surface area contributed by atoms with Crippen molar-refractivity contribution in [2.24, 2.45) is 7.05 Å². The van der Waals surface area contributed by atoms with Crippen molar-refractivity contribution in [2.75, 3.05) is 31.2 Å². The Kier molecular flexibility index (Phi) is 4.53. The zero-order valence-electron chi connectivity index (χ0n) is 15.7. The van der Waals surface area contributed by atoms with Gasteiger partial charge >= 0.3 is 0 Å². The number of aromatic amines is 1. The maximum absolute atomic E-state index is 12.6. The van der Waals surface area contributed by atoms with E-state index in [4.69, 9.17) is 9.72 Å². The molecule has 3 aromatic rings.